The van der Waals surface area contributed by atoms with Crippen LogP contribution < -0.4 is 15.4 Å². The van der Waals surface area contributed by atoms with Crippen LogP contribution in [-0.2, 0) is 14.8 Å². The van der Waals surface area contributed by atoms with Crippen LogP contribution in [0, 0.1) is 0 Å². The zero-order valence-corrected chi connectivity index (χ0v) is 13.8. The van der Waals surface area contributed by atoms with Gasteiger partial charge in [0.25, 0.3) is 0 Å². The average molecular weight is 320 g/mol. The Bertz CT molecular complexity index is 406. The first kappa shape index (κ1) is 18.2. The first-order valence-corrected chi connectivity index (χ1v) is 9.26. The summed E-state index contributed by atoms with van der Waals surface area (Å²) in [4.78, 5) is 4.02. The van der Waals surface area contributed by atoms with E-state index in [0.29, 0.717) is 19.0 Å². The molecule has 0 saturated carbocycles. The lowest BCUT2D eigenvalue weighted by Crippen LogP contribution is -2.42. The molecule has 1 fully saturated rings. The quantitative estimate of drug-likeness (QED) is 0.434. The SMILES string of the molecule is CCCNC(=NC)NCCS(=O)(=O)NCC1CCCCO1. The van der Waals surface area contributed by atoms with Crippen molar-refractivity contribution in [3.05, 3.63) is 0 Å². The Morgan fingerprint density at radius 1 is 1.29 bits per heavy atom. The molecule has 1 heterocycles. The number of hydrogen-bond donors (Lipinski definition) is 3. The summed E-state index contributed by atoms with van der Waals surface area (Å²) in [5.41, 5.74) is 0. The van der Waals surface area contributed by atoms with E-state index in [1.807, 2.05) is 0 Å². The van der Waals surface area contributed by atoms with Crippen molar-refractivity contribution in [1.29, 1.82) is 0 Å². The molecule has 8 heteroatoms. The minimum absolute atomic E-state index is 0.0143. The van der Waals surface area contributed by atoms with E-state index < -0.39 is 10.0 Å². The van der Waals surface area contributed by atoms with Gasteiger partial charge >= 0.3 is 0 Å². The van der Waals surface area contributed by atoms with Crippen LogP contribution in [0.2, 0.25) is 0 Å². The molecule has 1 atom stereocenters. The highest BCUT2D eigenvalue weighted by molar-refractivity contribution is 7.89. The van der Waals surface area contributed by atoms with Crippen LogP contribution in [0.3, 0.4) is 0 Å². The van der Waals surface area contributed by atoms with Gasteiger partial charge in [-0.2, -0.15) is 0 Å². The number of sulfonamides is 1. The first-order valence-electron chi connectivity index (χ1n) is 7.61. The highest BCUT2D eigenvalue weighted by atomic mass is 32.2. The van der Waals surface area contributed by atoms with Crippen molar-refractivity contribution in [3.8, 4) is 0 Å². The molecule has 124 valence electrons. The third-order valence-corrected chi connectivity index (χ3v) is 4.58. The van der Waals surface area contributed by atoms with Crippen molar-refractivity contribution in [1.82, 2.24) is 15.4 Å². The Hall–Kier alpha value is -0.860. The van der Waals surface area contributed by atoms with Gasteiger partial charge in [0, 0.05) is 33.3 Å². The van der Waals surface area contributed by atoms with Crippen molar-refractivity contribution in [2.24, 2.45) is 4.99 Å². The summed E-state index contributed by atoms with van der Waals surface area (Å²) in [6.45, 7) is 4.29. The van der Waals surface area contributed by atoms with E-state index in [1.54, 1.807) is 7.05 Å². The summed E-state index contributed by atoms with van der Waals surface area (Å²) in [7, 11) is -1.62. The largest absolute Gasteiger partial charge is 0.377 e. The molecule has 0 amide bonds. The average Bonchev–Trinajstić information content (AvgIpc) is 2.50. The maximum absolute atomic E-state index is 11.9. The van der Waals surface area contributed by atoms with Crippen molar-refractivity contribution in [2.45, 2.75) is 38.7 Å². The van der Waals surface area contributed by atoms with E-state index in [9.17, 15) is 8.42 Å². The molecule has 1 aliphatic heterocycles. The molecule has 1 aliphatic rings. The van der Waals surface area contributed by atoms with Crippen LogP contribution in [0.5, 0.6) is 0 Å². The summed E-state index contributed by atoms with van der Waals surface area (Å²) in [6.07, 6.45) is 4.10. The van der Waals surface area contributed by atoms with Gasteiger partial charge in [-0.05, 0) is 25.7 Å². The second-order valence-corrected chi connectivity index (χ2v) is 7.01. The van der Waals surface area contributed by atoms with E-state index in [4.69, 9.17) is 4.74 Å². The van der Waals surface area contributed by atoms with Gasteiger partial charge in [0.15, 0.2) is 5.96 Å². The van der Waals surface area contributed by atoms with Gasteiger partial charge < -0.3 is 15.4 Å². The van der Waals surface area contributed by atoms with Crippen molar-refractivity contribution in [2.75, 3.05) is 39.0 Å². The summed E-state index contributed by atoms with van der Waals surface area (Å²) in [5.74, 6) is 0.648. The molecule has 3 N–H and O–H groups in total. The number of hydrogen-bond acceptors (Lipinski definition) is 4. The monoisotopic (exact) mass is 320 g/mol. The molecule has 7 nitrogen and oxygen atoms in total. The predicted molar refractivity (Wildman–Crippen MR) is 85.0 cm³/mol. The van der Waals surface area contributed by atoms with E-state index >= 15 is 0 Å². The molecular weight excluding hydrogens is 292 g/mol. The number of guanidine groups is 1. The van der Waals surface area contributed by atoms with Crippen LogP contribution >= 0.6 is 0 Å². The first-order chi connectivity index (χ1) is 10.1. The van der Waals surface area contributed by atoms with Crippen LogP contribution in [0.4, 0.5) is 0 Å². The number of nitrogens with one attached hydrogen (secondary N) is 3. The van der Waals surface area contributed by atoms with E-state index in [1.165, 1.54) is 0 Å². The molecular formula is C13H28N4O3S. The molecule has 21 heavy (non-hydrogen) atoms. The van der Waals surface area contributed by atoms with E-state index in [2.05, 4.69) is 27.3 Å². The molecule has 0 bridgehead atoms. The van der Waals surface area contributed by atoms with Gasteiger partial charge in [-0.15, -0.1) is 0 Å². The maximum Gasteiger partial charge on any atom is 0.213 e. The van der Waals surface area contributed by atoms with Crippen LogP contribution in [0.25, 0.3) is 0 Å². The second kappa shape index (κ2) is 9.97. The van der Waals surface area contributed by atoms with Gasteiger partial charge in [-0.25, -0.2) is 13.1 Å². The smallest absolute Gasteiger partial charge is 0.213 e. The molecule has 0 aromatic rings. The van der Waals surface area contributed by atoms with Crippen molar-refractivity contribution >= 4 is 16.0 Å². The van der Waals surface area contributed by atoms with Gasteiger partial charge in [-0.3, -0.25) is 4.99 Å². The van der Waals surface area contributed by atoms with Crippen LogP contribution in [-0.4, -0.2) is 59.5 Å². The molecule has 0 spiro atoms. The Morgan fingerprint density at radius 3 is 2.67 bits per heavy atom. The van der Waals surface area contributed by atoms with Crippen LogP contribution in [0.1, 0.15) is 32.6 Å². The standard InChI is InChI=1S/C13H28N4O3S/c1-3-7-15-13(14-2)16-8-10-21(18,19)17-11-12-6-4-5-9-20-12/h12,17H,3-11H2,1-2H3,(H2,14,15,16). The number of aliphatic imine (C=N–C) groups is 1. The molecule has 0 radical (unpaired) electrons. The summed E-state index contributed by atoms with van der Waals surface area (Å²) < 4.78 is 31.9. The molecule has 1 rings (SSSR count). The lowest BCUT2D eigenvalue weighted by atomic mass is 10.1. The topological polar surface area (TPSA) is 91.8 Å². The minimum Gasteiger partial charge on any atom is -0.377 e. The Morgan fingerprint density at radius 2 is 2.05 bits per heavy atom. The van der Waals surface area contributed by atoms with Gasteiger partial charge in [0.1, 0.15) is 0 Å². The fraction of sp³-hybridized carbons (Fsp3) is 0.923. The fourth-order valence-electron chi connectivity index (χ4n) is 2.03. The zero-order valence-electron chi connectivity index (χ0n) is 13.0. The second-order valence-electron chi connectivity index (χ2n) is 5.08. The summed E-state index contributed by atoms with van der Waals surface area (Å²) in [6, 6.07) is 0. The molecule has 0 aromatic heterocycles. The molecule has 0 aromatic carbocycles. The number of nitrogens with zero attached hydrogens (tertiary/aromatic N) is 1. The lowest BCUT2D eigenvalue weighted by molar-refractivity contribution is 0.0200. The maximum atomic E-state index is 11.9. The zero-order chi connectivity index (χ0) is 15.6. The summed E-state index contributed by atoms with van der Waals surface area (Å²) >= 11 is 0. The Balaban J connectivity index is 2.22. The Labute approximate surface area is 128 Å². The Kier molecular flexibility index (Phi) is 8.63. The highest BCUT2D eigenvalue weighted by Crippen LogP contribution is 2.11. The minimum atomic E-state index is -3.28. The molecule has 0 aliphatic carbocycles. The third-order valence-electron chi connectivity index (χ3n) is 3.23. The van der Waals surface area contributed by atoms with Crippen molar-refractivity contribution in [3.63, 3.8) is 0 Å². The van der Waals surface area contributed by atoms with E-state index in [0.717, 1.165) is 38.8 Å². The normalized spacial score (nSPS) is 20.3. The fourth-order valence-corrected chi connectivity index (χ4v) is 2.98. The van der Waals surface area contributed by atoms with Gasteiger partial charge in [0.05, 0.1) is 11.9 Å². The number of ether oxygens (including phenoxy) is 1. The molecule has 1 unspecified atom stereocenters. The molecule has 1 saturated heterocycles. The van der Waals surface area contributed by atoms with E-state index in [-0.39, 0.29) is 11.9 Å². The van der Waals surface area contributed by atoms with Gasteiger partial charge in [-0.1, -0.05) is 6.92 Å². The van der Waals surface area contributed by atoms with Crippen LogP contribution in [0.15, 0.2) is 4.99 Å². The number of rotatable bonds is 8. The highest BCUT2D eigenvalue weighted by Gasteiger charge is 2.17. The van der Waals surface area contributed by atoms with Gasteiger partial charge in [0.2, 0.25) is 10.0 Å². The third kappa shape index (κ3) is 8.23. The summed E-state index contributed by atoms with van der Waals surface area (Å²) in [5, 5.41) is 6.08. The van der Waals surface area contributed by atoms with Crippen molar-refractivity contribution < 1.29 is 13.2 Å². The predicted octanol–water partition coefficient (Wildman–Crippen LogP) is 0.0499. The lowest BCUT2D eigenvalue weighted by Gasteiger charge is -2.22.